The fraction of sp³-hybridized carbons (Fsp3) is 0.379. The van der Waals surface area contributed by atoms with Crippen molar-refractivity contribution in [1.29, 1.82) is 0 Å². The van der Waals surface area contributed by atoms with Crippen LogP contribution in [-0.4, -0.2) is 59.5 Å². The zero-order valence-electron chi connectivity index (χ0n) is 23.6. The summed E-state index contributed by atoms with van der Waals surface area (Å²) in [6.45, 7) is 6.27. The molecular formula is C29H30F2N6O4S. The van der Waals surface area contributed by atoms with Crippen molar-refractivity contribution >= 4 is 35.1 Å². The number of methoxy groups -OCH3 is 1. The number of ether oxygens (including phenoxy) is 2. The van der Waals surface area contributed by atoms with Crippen molar-refractivity contribution in [3.8, 4) is 0 Å². The first-order valence-electron chi connectivity index (χ1n) is 13.5. The van der Waals surface area contributed by atoms with E-state index in [-0.39, 0.29) is 29.4 Å². The fourth-order valence-corrected chi connectivity index (χ4v) is 5.81. The van der Waals surface area contributed by atoms with E-state index in [1.165, 1.54) is 31.4 Å². The molecule has 1 fully saturated rings. The summed E-state index contributed by atoms with van der Waals surface area (Å²) in [6, 6.07) is 1.55. The van der Waals surface area contributed by atoms with Gasteiger partial charge in [-0.2, -0.15) is 0 Å². The highest BCUT2D eigenvalue weighted by molar-refractivity contribution is 7.11. The van der Waals surface area contributed by atoms with Crippen LogP contribution >= 0.6 is 11.3 Å². The van der Waals surface area contributed by atoms with Crippen molar-refractivity contribution in [2.45, 2.75) is 39.7 Å². The van der Waals surface area contributed by atoms with Crippen molar-refractivity contribution in [3.63, 3.8) is 0 Å². The molecule has 1 atom stereocenters. The van der Waals surface area contributed by atoms with Crippen LogP contribution in [-0.2, 0) is 14.3 Å². The molecule has 2 aliphatic heterocycles. The molecule has 3 aromatic rings. The van der Waals surface area contributed by atoms with Crippen molar-refractivity contribution in [3.05, 3.63) is 80.2 Å². The van der Waals surface area contributed by atoms with Gasteiger partial charge in [0, 0.05) is 48.0 Å². The first kappa shape index (κ1) is 29.2. The Morgan fingerprint density at radius 3 is 2.57 bits per heavy atom. The van der Waals surface area contributed by atoms with Gasteiger partial charge < -0.3 is 19.7 Å². The molecule has 2 aromatic heterocycles. The highest BCUT2D eigenvalue weighted by atomic mass is 32.1. The number of aliphatic imine (C=N–C) groups is 1. The number of halogens is 2. The molecule has 220 valence electrons. The molecule has 13 heteroatoms. The average Bonchev–Trinajstić information content (AvgIpc) is 3.55. The Morgan fingerprint density at radius 2 is 1.90 bits per heavy atom. The number of anilines is 1. The first-order valence-corrected chi connectivity index (χ1v) is 14.4. The lowest BCUT2D eigenvalue weighted by Gasteiger charge is -2.36. The molecule has 1 N–H and O–H groups in total. The van der Waals surface area contributed by atoms with E-state index in [2.05, 4.69) is 20.3 Å². The smallest absolute Gasteiger partial charge is 0.357 e. The van der Waals surface area contributed by atoms with Gasteiger partial charge >= 0.3 is 11.9 Å². The lowest BCUT2D eigenvalue weighted by molar-refractivity contribution is -0.136. The van der Waals surface area contributed by atoms with Gasteiger partial charge in [-0.3, -0.25) is 4.99 Å². The monoisotopic (exact) mass is 596 g/mol. The van der Waals surface area contributed by atoms with E-state index in [1.54, 1.807) is 31.6 Å². The molecule has 42 heavy (non-hydrogen) atoms. The number of thiazole rings is 1. The molecule has 4 heterocycles. The maximum atomic E-state index is 14.7. The number of rotatable bonds is 7. The first-order chi connectivity index (χ1) is 20.2. The van der Waals surface area contributed by atoms with Crippen LogP contribution in [0.3, 0.4) is 0 Å². The van der Waals surface area contributed by atoms with E-state index in [9.17, 15) is 18.4 Å². The summed E-state index contributed by atoms with van der Waals surface area (Å²) in [7, 11) is 1.28. The molecule has 5 rings (SSSR count). The predicted octanol–water partition coefficient (Wildman–Crippen LogP) is 4.44. The van der Waals surface area contributed by atoms with Gasteiger partial charge in [0.1, 0.15) is 6.04 Å². The fourth-order valence-electron chi connectivity index (χ4n) is 5.22. The molecular weight excluding hydrogens is 566 g/mol. The molecule has 2 aliphatic rings. The van der Waals surface area contributed by atoms with E-state index >= 15 is 0 Å². The van der Waals surface area contributed by atoms with Gasteiger partial charge in [0.15, 0.2) is 28.2 Å². The van der Waals surface area contributed by atoms with Gasteiger partial charge in [0.05, 0.1) is 19.3 Å². The molecule has 0 saturated carbocycles. The minimum Gasteiger partial charge on any atom is -0.466 e. The average molecular weight is 597 g/mol. The highest BCUT2D eigenvalue weighted by Gasteiger charge is 2.38. The molecule has 1 unspecified atom stereocenters. The van der Waals surface area contributed by atoms with Crippen LogP contribution in [0.25, 0.3) is 0 Å². The molecule has 0 amide bonds. The lowest BCUT2D eigenvalue weighted by Crippen LogP contribution is -2.42. The largest absolute Gasteiger partial charge is 0.466 e. The number of aromatic nitrogens is 3. The normalized spacial score (nSPS) is 17.5. The minimum atomic E-state index is -0.989. The second-order valence-electron chi connectivity index (χ2n) is 9.92. The Labute approximate surface area is 245 Å². The molecule has 0 radical (unpaired) electrons. The van der Waals surface area contributed by atoms with Gasteiger partial charge in [-0.25, -0.2) is 33.3 Å². The summed E-state index contributed by atoms with van der Waals surface area (Å²) in [6.07, 6.45) is 4.45. The summed E-state index contributed by atoms with van der Waals surface area (Å²) < 4.78 is 39.1. The van der Waals surface area contributed by atoms with Crippen LogP contribution in [0, 0.1) is 31.4 Å². The SMILES string of the molecule is CCOC(=O)c1nc(N2CCC(C3=C(C(=O)OC)C(c4ccc(F)c(F)c4C)N=C(c4nccs4)N3)CC2)ncc1C. The zero-order valence-corrected chi connectivity index (χ0v) is 24.4. The number of hydrogen-bond acceptors (Lipinski definition) is 11. The van der Waals surface area contributed by atoms with Crippen LogP contribution < -0.4 is 10.2 Å². The number of piperidine rings is 1. The number of allylic oxidation sites excluding steroid dienone is 1. The molecule has 10 nitrogen and oxygen atoms in total. The lowest BCUT2D eigenvalue weighted by atomic mass is 9.85. The third-order valence-electron chi connectivity index (χ3n) is 7.40. The van der Waals surface area contributed by atoms with E-state index in [0.717, 1.165) is 6.07 Å². The maximum absolute atomic E-state index is 14.7. The number of hydrogen-bond donors (Lipinski definition) is 1. The van der Waals surface area contributed by atoms with E-state index in [1.807, 2.05) is 4.90 Å². The van der Waals surface area contributed by atoms with Crippen molar-refractivity contribution in [2.75, 3.05) is 31.7 Å². The maximum Gasteiger partial charge on any atom is 0.357 e. The number of carbonyl (C=O) groups excluding carboxylic acids is 2. The van der Waals surface area contributed by atoms with E-state index in [0.29, 0.717) is 59.5 Å². The summed E-state index contributed by atoms with van der Waals surface area (Å²) in [5.74, 6) is -2.36. The second kappa shape index (κ2) is 12.3. The van der Waals surface area contributed by atoms with Crippen molar-refractivity contribution < 1.29 is 27.8 Å². The number of amidine groups is 1. The summed E-state index contributed by atoms with van der Waals surface area (Å²) in [5.41, 5.74) is 2.11. The Kier molecular flexibility index (Phi) is 8.57. The minimum absolute atomic E-state index is 0.0636. The summed E-state index contributed by atoms with van der Waals surface area (Å²) in [4.78, 5) is 45.7. The molecule has 0 spiro atoms. The number of carbonyl (C=O) groups is 2. The van der Waals surface area contributed by atoms with E-state index in [4.69, 9.17) is 14.5 Å². The molecule has 1 aromatic carbocycles. The predicted molar refractivity (Wildman–Crippen MR) is 152 cm³/mol. The molecule has 1 saturated heterocycles. The highest BCUT2D eigenvalue weighted by Crippen LogP contribution is 2.39. The zero-order chi connectivity index (χ0) is 30.0. The molecule has 0 bridgehead atoms. The third-order valence-corrected chi connectivity index (χ3v) is 8.18. The van der Waals surface area contributed by atoms with Gasteiger partial charge in [0.25, 0.3) is 0 Å². The topological polar surface area (TPSA) is 119 Å². The van der Waals surface area contributed by atoms with Crippen LogP contribution in [0.4, 0.5) is 14.7 Å². The van der Waals surface area contributed by atoms with Crippen LogP contribution in [0.15, 0.2) is 46.2 Å². The van der Waals surface area contributed by atoms with Crippen molar-refractivity contribution in [2.24, 2.45) is 10.9 Å². The quantitative estimate of drug-likeness (QED) is 0.395. The van der Waals surface area contributed by atoms with Crippen LogP contribution in [0.1, 0.15) is 58.0 Å². The van der Waals surface area contributed by atoms with E-state index < -0.39 is 29.6 Å². The van der Waals surface area contributed by atoms with Crippen LogP contribution in [0.2, 0.25) is 0 Å². The Bertz CT molecular complexity index is 1570. The second-order valence-corrected chi connectivity index (χ2v) is 10.8. The van der Waals surface area contributed by atoms with Gasteiger partial charge in [-0.05, 0) is 50.8 Å². The number of esters is 2. The van der Waals surface area contributed by atoms with Gasteiger partial charge in [-0.1, -0.05) is 6.07 Å². The van der Waals surface area contributed by atoms with Gasteiger partial charge in [0.2, 0.25) is 5.95 Å². The Morgan fingerprint density at radius 1 is 1.14 bits per heavy atom. The number of nitrogens with one attached hydrogen (secondary N) is 1. The summed E-state index contributed by atoms with van der Waals surface area (Å²) >= 11 is 1.37. The van der Waals surface area contributed by atoms with Crippen molar-refractivity contribution in [1.82, 2.24) is 20.3 Å². The Balaban J connectivity index is 1.50. The third kappa shape index (κ3) is 5.60. The Hall–Kier alpha value is -4.26. The molecule has 0 aliphatic carbocycles. The number of aryl methyl sites for hydroxylation is 1. The standard InChI is InChI=1S/C29H30F2N6O4S/c1-5-41-28(39)22-15(2)14-33-29(36-22)37-11-8-17(9-12-37)23-20(27(38)40-4)24(18-6-7-19(30)21(31)16(18)3)35-25(34-23)26-32-10-13-42-26/h6-7,10,13-14,17,24H,5,8-9,11-12H2,1-4H3,(H,34,35). The summed E-state index contributed by atoms with van der Waals surface area (Å²) in [5, 5.41) is 5.74. The van der Waals surface area contributed by atoms with Gasteiger partial charge in [-0.15, -0.1) is 11.3 Å². The van der Waals surface area contributed by atoms with Crippen LogP contribution in [0.5, 0.6) is 0 Å². The number of benzene rings is 1. The number of nitrogens with zero attached hydrogens (tertiary/aromatic N) is 5.